The zero-order valence-corrected chi connectivity index (χ0v) is 13.2. The molecule has 1 aliphatic heterocycles. The Morgan fingerprint density at radius 2 is 1.57 bits per heavy atom. The lowest BCUT2D eigenvalue weighted by Gasteiger charge is -2.27. The van der Waals surface area contributed by atoms with Gasteiger partial charge in [-0.3, -0.25) is 0 Å². The molecule has 0 radical (unpaired) electrons. The molecule has 0 unspecified atom stereocenters. The number of nitrogens with one attached hydrogen (secondary N) is 2. The second-order valence-electron chi connectivity index (χ2n) is 5.63. The number of carbonyl (C=O) groups excluding carboxylic acids is 1. The Kier molecular flexibility index (Phi) is 6.25. The maximum absolute atomic E-state index is 12.1. The molecule has 0 atom stereocenters. The van der Waals surface area contributed by atoms with E-state index in [1.54, 1.807) is 0 Å². The molecule has 8 heteroatoms. The maximum atomic E-state index is 12.1. The summed E-state index contributed by atoms with van der Waals surface area (Å²) in [6.07, 6.45) is 7.64. The topological polar surface area (TPSA) is 87.7 Å². The fourth-order valence-corrected chi connectivity index (χ4v) is 3.84. The van der Waals surface area contributed by atoms with Gasteiger partial charge in [0.05, 0.1) is 13.2 Å². The maximum Gasteiger partial charge on any atom is 0.329 e. The summed E-state index contributed by atoms with van der Waals surface area (Å²) < 4.78 is 32.6. The number of urea groups is 1. The Balaban J connectivity index is 1.82. The predicted molar refractivity (Wildman–Crippen MR) is 79.1 cm³/mol. The summed E-state index contributed by atoms with van der Waals surface area (Å²) in [6.45, 7) is 1.30. The van der Waals surface area contributed by atoms with Crippen molar-refractivity contribution in [2.24, 2.45) is 0 Å². The van der Waals surface area contributed by atoms with Crippen LogP contribution in [0.1, 0.15) is 44.9 Å². The second kappa shape index (κ2) is 7.95. The van der Waals surface area contributed by atoms with E-state index in [1.165, 1.54) is 23.6 Å². The fraction of sp³-hybridized carbons (Fsp3) is 0.923. The van der Waals surface area contributed by atoms with E-state index in [0.29, 0.717) is 13.2 Å². The van der Waals surface area contributed by atoms with Crippen LogP contribution in [0.5, 0.6) is 0 Å². The van der Waals surface area contributed by atoms with Gasteiger partial charge in [-0.05, 0) is 12.8 Å². The molecule has 1 saturated heterocycles. The standard InChI is InChI=1S/C13H25N3O4S/c17-13(14-12-6-4-2-1-3-5-7-12)15-21(18,19)16-8-10-20-11-9-16/h12H,1-11H2,(H2,14,15,17). The number of nitrogens with zero attached hydrogens (tertiary/aromatic N) is 1. The molecule has 1 saturated carbocycles. The van der Waals surface area contributed by atoms with Gasteiger partial charge in [-0.25, -0.2) is 9.52 Å². The van der Waals surface area contributed by atoms with E-state index in [9.17, 15) is 13.2 Å². The number of rotatable bonds is 3. The lowest BCUT2D eigenvalue weighted by atomic mass is 9.97. The Bertz CT molecular complexity index is 427. The molecule has 2 amide bonds. The van der Waals surface area contributed by atoms with Crippen LogP contribution in [-0.2, 0) is 14.9 Å². The highest BCUT2D eigenvalue weighted by Gasteiger charge is 2.26. The minimum absolute atomic E-state index is 0.0742. The third-order valence-electron chi connectivity index (χ3n) is 3.97. The van der Waals surface area contributed by atoms with E-state index in [4.69, 9.17) is 4.74 Å². The molecular weight excluding hydrogens is 294 g/mol. The van der Waals surface area contributed by atoms with Crippen LogP contribution in [0.3, 0.4) is 0 Å². The third kappa shape index (κ3) is 5.44. The van der Waals surface area contributed by atoms with Gasteiger partial charge in [-0.15, -0.1) is 0 Å². The molecule has 1 heterocycles. The number of hydrogen-bond donors (Lipinski definition) is 2. The molecular formula is C13H25N3O4S. The van der Waals surface area contributed by atoms with Gasteiger partial charge in [0.2, 0.25) is 0 Å². The summed E-state index contributed by atoms with van der Waals surface area (Å²) in [7, 11) is -3.76. The predicted octanol–water partition coefficient (Wildman–Crippen LogP) is 0.976. The lowest BCUT2D eigenvalue weighted by molar-refractivity contribution is 0.0726. The van der Waals surface area contributed by atoms with Crippen LogP contribution in [0.15, 0.2) is 0 Å². The molecule has 7 nitrogen and oxygen atoms in total. The zero-order valence-electron chi connectivity index (χ0n) is 12.3. The Hall–Kier alpha value is -0.860. The number of carbonyl (C=O) groups is 1. The normalized spacial score (nSPS) is 23.0. The highest BCUT2D eigenvalue weighted by atomic mass is 32.2. The van der Waals surface area contributed by atoms with Crippen molar-refractivity contribution in [1.29, 1.82) is 0 Å². The SMILES string of the molecule is O=C(NC1CCCCCCC1)NS(=O)(=O)N1CCOCC1. The van der Waals surface area contributed by atoms with Gasteiger partial charge in [-0.1, -0.05) is 32.1 Å². The second-order valence-corrected chi connectivity index (χ2v) is 7.30. The summed E-state index contributed by atoms with van der Waals surface area (Å²) in [5, 5.41) is 2.79. The average Bonchev–Trinajstić information content (AvgIpc) is 2.42. The molecule has 0 aromatic rings. The summed E-state index contributed by atoms with van der Waals surface area (Å²) in [4.78, 5) is 11.9. The number of morpholine rings is 1. The van der Waals surface area contributed by atoms with Gasteiger partial charge >= 0.3 is 16.2 Å². The Morgan fingerprint density at radius 1 is 1.00 bits per heavy atom. The zero-order chi connectivity index (χ0) is 15.1. The first kappa shape index (κ1) is 16.5. The van der Waals surface area contributed by atoms with Gasteiger partial charge in [0, 0.05) is 19.1 Å². The Labute approximate surface area is 126 Å². The smallest absolute Gasteiger partial charge is 0.329 e. The summed E-state index contributed by atoms with van der Waals surface area (Å²) in [5.41, 5.74) is 0. The molecule has 2 aliphatic rings. The van der Waals surface area contributed by atoms with Crippen molar-refractivity contribution in [2.45, 2.75) is 51.0 Å². The number of hydrogen-bond acceptors (Lipinski definition) is 4. The first-order valence-electron chi connectivity index (χ1n) is 7.74. The Morgan fingerprint density at radius 3 is 2.19 bits per heavy atom. The van der Waals surface area contributed by atoms with Crippen molar-refractivity contribution < 1.29 is 17.9 Å². The van der Waals surface area contributed by atoms with Crippen LogP contribution in [0.25, 0.3) is 0 Å². The number of amides is 2. The minimum Gasteiger partial charge on any atom is -0.379 e. The lowest BCUT2D eigenvalue weighted by Crippen LogP contribution is -2.52. The first-order valence-corrected chi connectivity index (χ1v) is 9.18. The van der Waals surface area contributed by atoms with Crippen molar-refractivity contribution in [1.82, 2.24) is 14.3 Å². The largest absolute Gasteiger partial charge is 0.379 e. The summed E-state index contributed by atoms with van der Waals surface area (Å²) in [5.74, 6) is 0. The average molecular weight is 319 g/mol. The van der Waals surface area contributed by atoms with E-state index >= 15 is 0 Å². The highest BCUT2D eigenvalue weighted by molar-refractivity contribution is 7.87. The van der Waals surface area contributed by atoms with Crippen molar-refractivity contribution >= 4 is 16.2 Å². The molecule has 2 fully saturated rings. The van der Waals surface area contributed by atoms with E-state index < -0.39 is 16.2 Å². The van der Waals surface area contributed by atoms with E-state index in [2.05, 4.69) is 10.0 Å². The van der Waals surface area contributed by atoms with Crippen LogP contribution in [0, 0.1) is 0 Å². The van der Waals surface area contributed by atoms with Crippen LogP contribution < -0.4 is 10.0 Å². The van der Waals surface area contributed by atoms with Crippen LogP contribution in [0.4, 0.5) is 4.79 Å². The molecule has 0 aromatic heterocycles. The van der Waals surface area contributed by atoms with E-state index in [0.717, 1.165) is 25.7 Å². The van der Waals surface area contributed by atoms with Crippen molar-refractivity contribution in [3.8, 4) is 0 Å². The fourth-order valence-electron chi connectivity index (χ4n) is 2.78. The monoisotopic (exact) mass is 319 g/mol. The van der Waals surface area contributed by atoms with Crippen molar-refractivity contribution in [2.75, 3.05) is 26.3 Å². The summed E-state index contributed by atoms with van der Waals surface area (Å²) >= 11 is 0. The highest BCUT2D eigenvalue weighted by Crippen LogP contribution is 2.17. The molecule has 0 aromatic carbocycles. The molecule has 0 spiro atoms. The molecule has 2 N–H and O–H groups in total. The molecule has 0 bridgehead atoms. The summed E-state index contributed by atoms with van der Waals surface area (Å²) in [6, 6.07) is -0.544. The van der Waals surface area contributed by atoms with Gasteiger partial charge < -0.3 is 10.1 Å². The van der Waals surface area contributed by atoms with Gasteiger partial charge in [-0.2, -0.15) is 12.7 Å². The van der Waals surface area contributed by atoms with Gasteiger partial charge in [0.15, 0.2) is 0 Å². The number of ether oxygens (including phenoxy) is 1. The first-order chi connectivity index (χ1) is 10.1. The molecule has 2 rings (SSSR count). The van der Waals surface area contributed by atoms with E-state index in [1.807, 2.05) is 0 Å². The molecule has 122 valence electrons. The third-order valence-corrected chi connectivity index (χ3v) is 5.46. The van der Waals surface area contributed by atoms with Crippen molar-refractivity contribution in [3.63, 3.8) is 0 Å². The van der Waals surface area contributed by atoms with Gasteiger partial charge in [0.1, 0.15) is 0 Å². The molecule has 21 heavy (non-hydrogen) atoms. The van der Waals surface area contributed by atoms with Crippen LogP contribution >= 0.6 is 0 Å². The van der Waals surface area contributed by atoms with Crippen LogP contribution in [-0.4, -0.2) is 51.1 Å². The molecule has 1 aliphatic carbocycles. The van der Waals surface area contributed by atoms with Gasteiger partial charge in [0.25, 0.3) is 0 Å². The van der Waals surface area contributed by atoms with E-state index in [-0.39, 0.29) is 19.1 Å². The van der Waals surface area contributed by atoms with Crippen LogP contribution in [0.2, 0.25) is 0 Å². The quantitative estimate of drug-likeness (QED) is 0.811. The minimum atomic E-state index is -3.76. The van der Waals surface area contributed by atoms with Crippen molar-refractivity contribution in [3.05, 3.63) is 0 Å².